The highest BCUT2D eigenvalue weighted by molar-refractivity contribution is 5.90. The van der Waals surface area contributed by atoms with Crippen LogP contribution in [0.4, 0.5) is 11.8 Å². The number of fused-ring (bicyclic) bond motifs is 2. The molecule has 5 rings (SSSR count). The molecular formula is C25H31N7. The van der Waals surface area contributed by atoms with Crippen molar-refractivity contribution in [3.05, 3.63) is 54.4 Å². The van der Waals surface area contributed by atoms with E-state index in [2.05, 4.69) is 57.5 Å². The van der Waals surface area contributed by atoms with Gasteiger partial charge in [0.15, 0.2) is 0 Å². The number of aromatic nitrogens is 4. The van der Waals surface area contributed by atoms with E-state index in [0.29, 0.717) is 12.1 Å². The molecule has 166 valence electrons. The normalized spacial score (nSPS) is 18.8. The highest BCUT2D eigenvalue weighted by Crippen LogP contribution is 2.26. The van der Waals surface area contributed by atoms with Gasteiger partial charge in [-0.3, -0.25) is 0 Å². The second kappa shape index (κ2) is 8.74. The molecule has 0 spiro atoms. The summed E-state index contributed by atoms with van der Waals surface area (Å²) in [6.45, 7) is 0.800. The van der Waals surface area contributed by atoms with Gasteiger partial charge in [0.25, 0.3) is 0 Å². The van der Waals surface area contributed by atoms with Crippen LogP contribution in [0.25, 0.3) is 21.9 Å². The molecule has 2 aromatic carbocycles. The zero-order chi connectivity index (χ0) is 22.1. The number of nitrogens with zero attached hydrogens (tertiary/aromatic N) is 5. The third kappa shape index (κ3) is 4.12. The lowest BCUT2D eigenvalue weighted by Gasteiger charge is -2.30. The van der Waals surface area contributed by atoms with Gasteiger partial charge in [0.1, 0.15) is 11.6 Å². The molecule has 0 amide bonds. The van der Waals surface area contributed by atoms with E-state index in [9.17, 15) is 0 Å². The Morgan fingerprint density at radius 3 is 2.31 bits per heavy atom. The lowest BCUT2D eigenvalue weighted by atomic mass is 9.91. The molecule has 1 fully saturated rings. The Kier molecular flexibility index (Phi) is 5.66. The highest BCUT2D eigenvalue weighted by atomic mass is 15.2. The molecule has 32 heavy (non-hydrogen) atoms. The number of imidazole rings is 1. The van der Waals surface area contributed by atoms with Crippen LogP contribution in [0.5, 0.6) is 0 Å². The first kappa shape index (κ1) is 20.7. The maximum atomic E-state index is 4.80. The molecule has 0 bridgehead atoms. The molecule has 1 saturated carbocycles. The highest BCUT2D eigenvalue weighted by Gasteiger charge is 2.22. The van der Waals surface area contributed by atoms with Crippen molar-refractivity contribution >= 4 is 33.7 Å². The van der Waals surface area contributed by atoms with Crippen LogP contribution in [0, 0.1) is 0 Å². The Bertz CT molecular complexity index is 1220. The van der Waals surface area contributed by atoms with Gasteiger partial charge < -0.3 is 20.1 Å². The van der Waals surface area contributed by atoms with Gasteiger partial charge in [-0.1, -0.05) is 24.3 Å². The number of rotatable bonds is 6. The van der Waals surface area contributed by atoms with E-state index in [1.807, 2.05) is 32.3 Å². The fourth-order valence-electron chi connectivity index (χ4n) is 4.68. The van der Waals surface area contributed by atoms with Gasteiger partial charge in [-0.25, -0.2) is 9.97 Å². The van der Waals surface area contributed by atoms with Crippen LogP contribution in [-0.2, 0) is 13.6 Å². The third-order valence-electron chi connectivity index (χ3n) is 6.50. The monoisotopic (exact) mass is 429 g/mol. The van der Waals surface area contributed by atoms with E-state index in [0.717, 1.165) is 66.2 Å². The smallest absolute Gasteiger partial charge is 0.225 e. The summed E-state index contributed by atoms with van der Waals surface area (Å²) in [5.74, 6) is 2.77. The second-order valence-electron chi connectivity index (χ2n) is 8.93. The Morgan fingerprint density at radius 2 is 1.56 bits per heavy atom. The molecule has 1 aliphatic carbocycles. The Balaban J connectivity index is 1.19. The summed E-state index contributed by atoms with van der Waals surface area (Å²) in [7, 11) is 6.15. The minimum Gasteiger partial charge on any atom is -0.362 e. The number of aryl methyl sites for hydroxylation is 1. The van der Waals surface area contributed by atoms with Crippen LogP contribution in [0.3, 0.4) is 0 Å². The Morgan fingerprint density at radius 1 is 0.875 bits per heavy atom. The SMILES string of the molecule is CN(C)c1nc(N[C@H]2CC[C@@H](NCc3nc4ccccc4n3C)CC2)nc2ccccc12. The predicted octanol–water partition coefficient (Wildman–Crippen LogP) is 4.10. The fraction of sp³-hybridized carbons (Fsp3) is 0.400. The zero-order valence-electron chi connectivity index (χ0n) is 19.0. The second-order valence-corrected chi connectivity index (χ2v) is 8.93. The number of nitrogens with one attached hydrogen (secondary N) is 2. The molecule has 0 radical (unpaired) electrons. The van der Waals surface area contributed by atoms with Gasteiger partial charge in [-0.2, -0.15) is 4.98 Å². The maximum Gasteiger partial charge on any atom is 0.225 e. The van der Waals surface area contributed by atoms with Gasteiger partial charge in [0.05, 0.1) is 23.1 Å². The number of hydrogen-bond acceptors (Lipinski definition) is 6. The first-order valence-electron chi connectivity index (χ1n) is 11.4. The first-order chi connectivity index (χ1) is 15.6. The molecule has 7 heteroatoms. The molecule has 0 aliphatic heterocycles. The summed E-state index contributed by atoms with van der Waals surface area (Å²) in [6, 6.07) is 17.4. The molecule has 2 heterocycles. The number of para-hydroxylation sites is 3. The van der Waals surface area contributed by atoms with Crippen LogP contribution < -0.4 is 15.5 Å². The fourth-order valence-corrected chi connectivity index (χ4v) is 4.68. The standard InChI is InChI=1S/C25H31N7/c1-31(2)24-19-8-4-5-9-20(19)29-25(30-24)27-18-14-12-17(13-15-18)26-16-23-28-21-10-6-7-11-22(21)32(23)3/h4-11,17-18,26H,12-16H2,1-3H3,(H,27,29,30)/t17-,18+. The molecule has 0 unspecified atom stereocenters. The summed E-state index contributed by atoms with van der Waals surface area (Å²) in [4.78, 5) is 16.4. The molecule has 0 saturated heterocycles. The molecule has 4 aromatic rings. The van der Waals surface area contributed by atoms with Gasteiger partial charge in [0.2, 0.25) is 5.95 Å². The van der Waals surface area contributed by atoms with Gasteiger partial charge in [0, 0.05) is 38.6 Å². The summed E-state index contributed by atoms with van der Waals surface area (Å²) in [6.07, 6.45) is 4.48. The Hall–Kier alpha value is -3.19. The van der Waals surface area contributed by atoms with Gasteiger partial charge in [-0.05, 0) is 49.9 Å². The van der Waals surface area contributed by atoms with Crippen molar-refractivity contribution in [2.24, 2.45) is 7.05 Å². The van der Waals surface area contributed by atoms with E-state index in [-0.39, 0.29) is 0 Å². The van der Waals surface area contributed by atoms with Crippen LogP contribution in [-0.4, -0.2) is 45.7 Å². The van der Waals surface area contributed by atoms with Gasteiger partial charge in [-0.15, -0.1) is 0 Å². The summed E-state index contributed by atoms with van der Waals surface area (Å²) in [5.41, 5.74) is 3.23. The van der Waals surface area contributed by atoms with Crippen LogP contribution in [0.15, 0.2) is 48.5 Å². The van der Waals surface area contributed by atoms with Crippen molar-refractivity contribution < 1.29 is 0 Å². The topological polar surface area (TPSA) is 70.9 Å². The average Bonchev–Trinajstić information content (AvgIpc) is 3.13. The summed E-state index contributed by atoms with van der Waals surface area (Å²) < 4.78 is 2.19. The van der Waals surface area contributed by atoms with Crippen LogP contribution in [0.1, 0.15) is 31.5 Å². The first-order valence-corrected chi connectivity index (χ1v) is 11.4. The lowest BCUT2D eigenvalue weighted by molar-refractivity contribution is 0.349. The largest absolute Gasteiger partial charge is 0.362 e. The van der Waals surface area contributed by atoms with E-state index >= 15 is 0 Å². The lowest BCUT2D eigenvalue weighted by Crippen LogP contribution is -2.37. The number of benzene rings is 2. The molecule has 1 aliphatic rings. The van der Waals surface area contributed by atoms with Gasteiger partial charge >= 0.3 is 0 Å². The van der Waals surface area contributed by atoms with Crippen molar-refractivity contribution in [1.29, 1.82) is 0 Å². The van der Waals surface area contributed by atoms with E-state index in [1.54, 1.807) is 0 Å². The van der Waals surface area contributed by atoms with E-state index in [4.69, 9.17) is 15.0 Å². The minimum absolute atomic E-state index is 0.403. The molecular weight excluding hydrogens is 398 g/mol. The van der Waals surface area contributed by atoms with Crippen molar-refractivity contribution in [2.75, 3.05) is 24.3 Å². The van der Waals surface area contributed by atoms with Crippen molar-refractivity contribution in [3.63, 3.8) is 0 Å². The van der Waals surface area contributed by atoms with E-state index < -0.39 is 0 Å². The quantitative estimate of drug-likeness (QED) is 0.481. The zero-order valence-corrected chi connectivity index (χ0v) is 19.0. The minimum atomic E-state index is 0.403. The van der Waals surface area contributed by atoms with Crippen LogP contribution >= 0.6 is 0 Å². The summed E-state index contributed by atoms with van der Waals surface area (Å²) in [5, 5.41) is 8.40. The Labute approximate surface area is 188 Å². The molecule has 2 aromatic heterocycles. The van der Waals surface area contributed by atoms with Crippen molar-refractivity contribution in [1.82, 2.24) is 24.8 Å². The average molecular weight is 430 g/mol. The summed E-state index contributed by atoms with van der Waals surface area (Å²) >= 11 is 0. The molecule has 7 nitrogen and oxygen atoms in total. The van der Waals surface area contributed by atoms with E-state index in [1.165, 1.54) is 5.52 Å². The maximum absolute atomic E-state index is 4.80. The van der Waals surface area contributed by atoms with Crippen molar-refractivity contribution in [3.8, 4) is 0 Å². The predicted molar refractivity (Wildman–Crippen MR) is 131 cm³/mol. The van der Waals surface area contributed by atoms with Crippen LogP contribution in [0.2, 0.25) is 0 Å². The third-order valence-corrected chi connectivity index (χ3v) is 6.50. The molecule has 2 N–H and O–H groups in total. The molecule has 0 atom stereocenters. The number of hydrogen-bond donors (Lipinski definition) is 2. The van der Waals surface area contributed by atoms with Crippen molar-refractivity contribution in [2.45, 2.75) is 44.3 Å². The number of anilines is 2.